The van der Waals surface area contributed by atoms with Crippen molar-refractivity contribution in [2.24, 2.45) is 5.92 Å². The number of hydrogen-bond donors (Lipinski definition) is 2. The topological polar surface area (TPSA) is 114 Å². The molecule has 9 nitrogen and oxygen atoms in total. The monoisotopic (exact) mass is 485 g/mol. The maximum absolute atomic E-state index is 12.8. The summed E-state index contributed by atoms with van der Waals surface area (Å²) in [5.74, 6) is -0.120. The Morgan fingerprint density at radius 1 is 1.09 bits per heavy atom. The molecule has 1 aromatic carbocycles. The molecule has 2 aromatic heterocycles. The number of ether oxygens (including phenoxy) is 1. The number of nitrogens with one attached hydrogen (secondary N) is 2. The predicted molar refractivity (Wildman–Crippen MR) is 126 cm³/mol. The Labute approximate surface area is 198 Å². The van der Waals surface area contributed by atoms with Crippen molar-refractivity contribution in [1.82, 2.24) is 20.4 Å². The third kappa shape index (κ3) is 5.74. The van der Waals surface area contributed by atoms with E-state index in [-0.39, 0.29) is 27.7 Å². The first-order valence-corrected chi connectivity index (χ1v) is 12.1. The van der Waals surface area contributed by atoms with Gasteiger partial charge in [-0.05, 0) is 48.6 Å². The van der Waals surface area contributed by atoms with Crippen molar-refractivity contribution in [2.75, 3.05) is 25.5 Å². The lowest BCUT2D eigenvalue weighted by atomic mass is 9.96. The van der Waals surface area contributed by atoms with Crippen LogP contribution >= 0.6 is 22.7 Å². The number of nitrogens with zero attached hydrogens (tertiary/aromatic N) is 3. The van der Waals surface area contributed by atoms with Crippen molar-refractivity contribution in [3.63, 3.8) is 0 Å². The standard InChI is InChI=1S/C22H23N5O4S2/c1-31-16-6-4-15(5-7-16)24-19(29)20-25-26-21(33-20)22(30)27-10-8-14(9-11-27)18(28)23-13-17-3-2-12-32-17/h2-7,12,14H,8-11,13H2,1H3,(H,23,28)(H,24,29). The van der Waals surface area contributed by atoms with Gasteiger partial charge in [-0.3, -0.25) is 14.4 Å². The van der Waals surface area contributed by atoms with Gasteiger partial charge >= 0.3 is 0 Å². The van der Waals surface area contributed by atoms with Gasteiger partial charge in [-0.2, -0.15) is 0 Å². The number of aromatic nitrogens is 2. The van der Waals surface area contributed by atoms with Crippen LogP contribution in [-0.4, -0.2) is 53.0 Å². The van der Waals surface area contributed by atoms with Crippen LogP contribution in [0.5, 0.6) is 5.75 Å². The van der Waals surface area contributed by atoms with E-state index in [4.69, 9.17) is 4.74 Å². The number of carbonyl (C=O) groups excluding carboxylic acids is 3. The van der Waals surface area contributed by atoms with Crippen LogP contribution in [-0.2, 0) is 11.3 Å². The maximum Gasteiger partial charge on any atom is 0.286 e. The average Bonchev–Trinajstić information content (AvgIpc) is 3.55. The van der Waals surface area contributed by atoms with Gasteiger partial charge in [0.15, 0.2) is 0 Å². The minimum absolute atomic E-state index is 0.0175. The number of carbonyl (C=O) groups is 3. The molecule has 33 heavy (non-hydrogen) atoms. The van der Waals surface area contributed by atoms with E-state index in [9.17, 15) is 14.4 Å². The van der Waals surface area contributed by atoms with Gasteiger partial charge in [0, 0.05) is 29.6 Å². The molecule has 0 aliphatic carbocycles. The average molecular weight is 486 g/mol. The minimum atomic E-state index is -0.433. The number of piperidine rings is 1. The van der Waals surface area contributed by atoms with Gasteiger partial charge in [0.25, 0.3) is 11.8 Å². The molecule has 1 aliphatic rings. The largest absolute Gasteiger partial charge is 0.497 e. The number of benzene rings is 1. The number of methoxy groups -OCH3 is 1. The SMILES string of the molecule is COc1ccc(NC(=O)c2nnc(C(=O)N3CCC(C(=O)NCc4cccs4)CC3)s2)cc1. The Hall–Kier alpha value is -3.31. The summed E-state index contributed by atoms with van der Waals surface area (Å²) >= 11 is 2.56. The van der Waals surface area contributed by atoms with Gasteiger partial charge in [-0.25, -0.2) is 0 Å². The van der Waals surface area contributed by atoms with E-state index < -0.39 is 5.91 Å². The molecule has 0 spiro atoms. The zero-order chi connectivity index (χ0) is 23.2. The summed E-state index contributed by atoms with van der Waals surface area (Å²) in [6.45, 7) is 1.45. The molecule has 1 aliphatic heterocycles. The Bertz CT molecular complexity index is 1110. The fraction of sp³-hybridized carbons (Fsp3) is 0.318. The van der Waals surface area contributed by atoms with Crippen molar-refractivity contribution < 1.29 is 19.1 Å². The summed E-state index contributed by atoms with van der Waals surface area (Å²) < 4.78 is 5.10. The van der Waals surface area contributed by atoms with Gasteiger partial charge in [0.2, 0.25) is 15.9 Å². The van der Waals surface area contributed by atoms with E-state index in [0.717, 1.165) is 16.2 Å². The van der Waals surface area contributed by atoms with Gasteiger partial charge in [-0.1, -0.05) is 17.4 Å². The Kier molecular flexibility index (Phi) is 7.30. The lowest BCUT2D eigenvalue weighted by Gasteiger charge is -2.30. The Balaban J connectivity index is 1.27. The second kappa shape index (κ2) is 10.5. The number of amides is 3. The first kappa shape index (κ1) is 22.9. The molecule has 0 saturated carbocycles. The summed E-state index contributed by atoms with van der Waals surface area (Å²) in [6.07, 6.45) is 1.18. The molecule has 3 heterocycles. The second-order valence-corrected chi connectivity index (χ2v) is 9.47. The molecule has 11 heteroatoms. The molecule has 0 bridgehead atoms. The molecule has 0 unspecified atom stereocenters. The van der Waals surface area contributed by atoms with Gasteiger partial charge in [0.1, 0.15) is 5.75 Å². The molecule has 1 saturated heterocycles. The number of likely N-dealkylation sites (tertiary alicyclic amines) is 1. The highest BCUT2D eigenvalue weighted by atomic mass is 32.1. The predicted octanol–water partition coefficient (Wildman–Crippen LogP) is 3.03. The van der Waals surface area contributed by atoms with Crippen molar-refractivity contribution in [1.29, 1.82) is 0 Å². The summed E-state index contributed by atoms with van der Waals surface area (Å²) in [6, 6.07) is 10.8. The zero-order valence-electron chi connectivity index (χ0n) is 17.9. The molecular weight excluding hydrogens is 462 g/mol. The van der Waals surface area contributed by atoms with Crippen LogP contribution in [0.3, 0.4) is 0 Å². The number of rotatable bonds is 7. The van der Waals surface area contributed by atoms with Gasteiger partial charge in [0.05, 0.1) is 13.7 Å². The summed E-state index contributed by atoms with van der Waals surface area (Å²) in [5, 5.41) is 15.7. The molecular formula is C22H23N5O4S2. The van der Waals surface area contributed by atoms with Crippen molar-refractivity contribution in [2.45, 2.75) is 19.4 Å². The third-order valence-electron chi connectivity index (χ3n) is 5.32. The Morgan fingerprint density at radius 3 is 2.48 bits per heavy atom. The maximum atomic E-state index is 12.8. The van der Waals surface area contributed by atoms with Gasteiger partial charge in [-0.15, -0.1) is 21.5 Å². The quantitative estimate of drug-likeness (QED) is 0.532. The lowest BCUT2D eigenvalue weighted by Crippen LogP contribution is -2.42. The van der Waals surface area contributed by atoms with Crippen LogP contribution in [0.4, 0.5) is 5.69 Å². The van der Waals surface area contributed by atoms with Crippen molar-refractivity contribution >= 4 is 46.1 Å². The highest BCUT2D eigenvalue weighted by molar-refractivity contribution is 7.15. The van der Waals surface area contributed by atoms with E-state index in [2.05, 4.69) is 20.8 Å². The van der Waals surface area contributed by atoms with E-state index in [1.54, 1.807) is 47.6 Å². The van der Waals surface area contributed by atoms with Crippen molar-refractivity contribution in [3.05, 3.63) is 56.7 Å². The summed E-state index contributed by atoms with van der Waals surface area (Å²) in [4.78, 5) is 40.4. The van der Waals surface area contributed by atoms with Crippen LogP contribution in [0.25, 0.3) is 0 Å². The fourth-order valence-corrected chi connectivity index (χ4v) is 4.82. The van der Waals surface area contributed by atoms with E-state index in [1.807, 2.05) is 17.5 Å². The second-order valence-electron chi connectivity index (χ2n) is 7.46. The lowest BCUT2D eigenvalue weighted by molar-refractivity contribution is -0.126. The summed E-state index contributed by atoms with van der Waals surface area (Å²) in [7, 11) is 1.57. The number of hydrogen-bond acceptors (Lipinski definition) is 8. The van der Waals surface area contributed by atoms with Gasteiger partial charge < -0.3 is 20.3 Å². The fourth-order valence-electron chi connectivity index (χ4n) is 3.47. The normalized spacial score (nSPS) is 14.0. The first-order chi connectivity index (χ1) is 16.0. The minimum Gasteiger partial charge on any atom is -0.497 e. The van der Waals surface area contributed by atoms with E-state index in [0.29, 0.717) is 43.9 Å². The molecule has 172 valence electrons. The van der Waals surface area contributed by atoms with E-state index >= 15 is 0 Å². The molecule has 2 N–H and O–H groups in total. The zero-order valence-corrected chi connectivity index (χ0v) is 19.6. The van der Waals surface area contributed by atoms with Crippen LogP contribution in [0.1, 0.15) is 37.3 Å². The van der Waals surface area contributed by atoms with Crippen LogP contribution in [0.15, 0.2) is 41.8 Å². The Morgan fingerprint density at radius 2 is 1.82 bits per heavy atom. The van der Waals surface area contributed by atoms with Crippen molar-refractivity contribution in [3.8, 4) is 5.75 Å². The molecule has 3 amide bonds. The number of thiophene rings is 1. The van der Waals surface area contributed by atoms with Crippen LogP contribution in [0, 0.1) is 5.92 Å². The number of anilines is 1. The molecule has 0 atom stereocenters. The molecule has 4 rings (SSSR count). The molecule has 0 radical (unpaired) electrons. The molecule has 1 fully saturated rings. The van der Waals surface area contributed by atoms with Crippen LogP contribution < -0.4 is 15.4 Å². The first-order valence-electron chi connectivity index (χ1n) is 10.4. The highest BCUT2D eigenvalue weighted by Gasteiger charge is 2.29. The van der Waals surface area contributed by atoms with E-state index in [1.165, 1.54) is 0 Å². The van der Waals surface area contributed by atoms with Crippen LogP contribution in [0.2, 0.25) is 0 Å². The third-order valence-corrected chi connectivity index (χ3v) is 7.11. The summed E-state index contributed by atoms with van der Waals surface area (Å²) in [5.41, 5.74) is 0.586. The smallest absolute Gasteiger partial charge is 0.286 e. The highest BCUT2D eigenvalue weighted by Crippen LogP contribution is 2.22. The molecule has 3 aromatic rings.